The third kappa shape index (κ3) is 5.03. The van der Waals surface area contributed by atoms with E-state index in [4.69, 9.17) is 11.6 Å². The normalized spacial score (nSPS) is 17.2. The van der Waals surface area contributed by atoms with Crippen LogP contribution in [0, 0.1) is 0 Å². The highest BCUT2D eigenvalue weighted by Crippen LogP contribution is 2.23. The summed E-state index contributed by atoms with van der Waals surface area (Å²) in [5.74, 6) is 0.270. The zero-order chi connectivity index (χ0) is 17.5. The minimum absolute atomic E-state index is 0.270. The minimum atomic E-state index is 0.270. The van der Waals surface area contributed by atoms with E-state index in [-0.39, 0.29) is 5.91 Å². The second-order valence-electron chi connectivity index (χ2n) is 6.44. The van der Waals surface area contributed by atoms with Crippen molar-refractivity contribution in [2.24, 2.45) is 0 Å². The largest absolute Gasteiger partial charge is 0.339 e. The fourth-order valence-corrected chi connectivity index (χ4v) is 3.57. The number of pyridine rings is 1. The van der Waals surface area contributed by atoms with Gasteiger partial charge in [0.1, 0.15) is 0 Å². The molecule has 1 saturated heterocycles. The van der Waals surface area contributed by atoms with E-state index in [1.165, 1.54) is 5.56 Å². The van der Waals surface area contributed by atoms with Crippen LogP contribution in [-0.4, -0.2) is 34.9 Å². The average Bonchev–Trinajstić information content (AvgIpc) is 2.99. The van der Waals surface area contributed by atoms with E-state index >= 15 is 0 Å². The Hall–Kier alpha value is -1.91. The Balaban J connectivity index is 1.45. The molecule has 1 aromatic heterocycles. The molecule has 2 aromatic rings. The van der Waals surface area contributed by atoms with E-state index in [0.717, 1.165) is 49.5 Å². The number of hydrogen-bond donors (Lipinski definition) is 1. The maximum Gasteiger partial charge on any atom is 0.222 e. The van der Waals surface area contributed by atoms with Gasteiger partial charge in [0.25, 0.3) is 0 Å². The number of amides is 1. The SMILES string of the molecule is O=C1CCC(CCNCc2ccncc2)N1CCc1ccccc1Cl. The molecule has 132 valence electrons. The van der Waals surface area contributed by atoms with Gasteiger partial charge in [-0.2, -0.15) is 0 Å². The van der Waals surface area contributed by atoms with Gasteiger partial charge in [-0.25, -0.2) is 0 Å². The van der Waals surface area contributed by atoms with Crippen molar-refractivity contribution in [1.82, 2.24) is 15.2 Å². The number of hydrogen-bond acceptors (Lipinski definition) is 3. The van der Waals surface area contributed by atoms with Crippen LogP contribution in [0.4, 0.5) is 0 Å². The Labute approximate surface area is 154 Å². The van der Waals surface area contributed by atoms with Gasteiger partial charge in [-0.15, -0.1) is 0 Å². The number of nitrogens with one attached hydrogen (secondary N) is 1. The van der Waals surface area contributed by atoms with Crippen LogP contribution in [0.25, 0.3) is 0 Å². The number of nitrogens with zero attached hydrogens (tertiary/aromatic N) is 2. The predicted octanol–water partition coefficient (Wildman–Crippen LogP) is 3.45. The third-order valence-corrected chi connectivity index (χ3v) is 5.13. The maximum atomic E-state index is 12.2. The van der Waals surface area contributed by atoms with Crippen LogP contribution >= 0.6 is 11.6 Å². The molecule has 2 heterocycles. The Morgan fingerprint density at radius 3 is 2.80 bits per heavy atom. The lowest BCUT2D eigenvalue weighted by molar-refractivity contribution is -0.129. The monoisotopic (exact) mass is 357 g/mol. The molecule has 0 radical (unpaired) electrons. The highest BCUT2D eigenvalue weighted by atomic mass is 35.5. The molecule has 1 aliphatic heterocycles. The average molecular weight is 358 g/mol. The number of carbonyl (C=O) groups excluding carboxylic acids is 1. The third-order valence-electron chi connectivity index (χ3n) is 4.77. The Kier molecular flexibility index (Phi) is 6.42. The van der Waals surface area contributed by atoms with Crippen molar-refractivity contribution in [3.63, 3.8) is 0 Å². The summed E-state index contributed by atoms with van der Waals surface area (Å²) in [6.07, 6.45) is 7.04. The number of carbonyl (C=O) groups is 1. The molecule has 1 amide bonds. The second kappa shape index (κ2) is 8.97. The van der Waals surface area contributed by atoms with E-state index in [0.29, 0.717) is 12.5 Å². The molecule has 0 aliphatic carbocycles. The fourth-order valence-electron chi connectivity index (χ4n) is 3.34. The molecule has 5 heteroatoms. The summed E-state index contributed by atoms with van der Waals surface area (Å²) in [5, 5.41) is 4.24. The van der Waals surface area contributed by atoms with E-state index in [2.05, 4.69) is 10.3 Å². The summed E-state index contributed by atoms with van der Waals surface area (Å²) in [6.45, 7) is 2.49. The van der Waals surface area contributed by atoms with Crippen LogP contribution in [0.15, 0.2) is 48.8 Å². The standard InChI is InChI=1S/C20H24ClN3O/c21-19-4-2-1-3-17(19)10-14-24-18(5-6-20(24)25)9-13-23-15-16-7-11-22-12-8-16/h1-4,7-8,11-12,18,23H,5-6,9-10,13-15H2. The lowest BCUT2D eigenvalue weighted by Crippen LogP contribution is -2.36. The predicted molar refractivity (Wildman–Crippen MR) is 100 cm³/mol. The zero-order valence-electron chi connectivity index (χ0n) is 14.3. The van der Waals surface area contributed by atoms with Gasteiger partial charge in [0.05, 0.1) is 0 Å². The van der Waals surface area contributed by atoms with Crippen LogP contribution < -0.4 is 5.32 Å². The van der Waals surface area contributed by atoms with Crippen molar-refractivity contribution < 1.29 is 4.79 Å². The van der Waals surface area contributed by atoms with Crippen LogP contribution in [-0.2, 0) is 17.8 Å². The number of halogens is 1. The minimum Gasteiger partial charge on any atom is -0.339 e. The van der Waals surface area contributed by atoms with Crippen LogP contribution in [0.3, 0.4) is 0 Å². The van der Waals surface area contributed by atoms with Gasteiger partial charge in [-0.05, 0) is 55.1 Å². The maximum absolute atomic E-state index is 12.2. The molecule has 1 aromatic carbocycles. The molecule has 0 spiro atoms. The van der Waals surface area contributed by atoms with Crippen LogP contribution in [0.2, 0.25) is 5.02 Å². The summed E-state index contributed by atoms with van der Waals surface area (Å²) in [7, 11) is 0. The van der Waals surface area contributed by atoms with Crippen molar-refractivity contribution >= 4 is 17.5 Å². The van der Waals surface area contributed by atoms with E-state index in [1.54, 1.807) is 0 Å². The molecule has 4 nitrogen and oxygen atoms in total. The van der Waals surface area contributed by atoms with Crippen molar-refractivity contribution in [2.45, 2.75) is 38.3 Å². The summed E-state index contributed by atoms with van der Waals surface area (Å²) < 4.78 is 0. The first kappa shape index (κ1) is 17.9. The zero-order valence-corrected chi connectivity index (χ0v) is 15.1. The lowest BCUT2D eigenvalue weighted by Gasteiger charge is -2.25. The van der Waals surface area contributed by atoms with E-state index < -0.39 is 0 Å². The molecule has 1 fully saturated rings. The number of rotatable bonds is 8. The van der Waals surface area contributed by atoms with Gasteiger partial charge < -0.3 is 10.2 Å². The smallest absolute Gasteiger partial charge is 0.222 e. The summed E-state index contributed by atoms with van der Waals surface area (Å²) in [6, 6.07) is 12.2. The van der Waals surface area contributed by atoms with Gasteiger partial charge in [0.15, 0.2) is 0 Å². The molecular weight excluding hydrogens is 334 g/mol. The quantitative estimate of drug-likeness (QED) is 0.736. The van der Waals surface area contributed by atoms with Gasteiger partial charge >= 0.3 is 0 Å². The van der Waals surface area contributed by atoms with Gasteiger partial charge in [0, 0.05) is 43.0 Å². The van der Waals surface area contributed by atoms with Crippen molar-refractivity contribution in [3.8, 4) is 0 Å². The van der Waals surface area contributed by atoms with Crippen molar-refractivity contribution in [2.75, 3.05) is 13.1 Å². The first-order valence-electron chi connectivity index (χ1n) is 8.86. The van der Waals surface area contributed by atoms with Crippen molar-refractivity contribution in [1.29, 1.82) is 0 Å². The van der Waals surface area contributed by atoms with Gasteiger partial charge in [-0.3, -0.25) is 9.78 Å². The van der Waals surface area contributed by atoms with Crippen molar-refractivity contribution in [3.05, 3.63) is 64.9 Å². The van der Waals surface area contributed by atoms with E-state index in [1.807, 2.05) is 53.7 Å². The summed E-state index contributed by atoms with van der Waals surface area (Å²) in [4.78, 5) is 18.3. The number of aromatic nitrogens is 1. The highest BCUT2D eigenvalue weighted by Gasteiger charge is 2.29. The molecule has 1 unspecified atom stereocenters. The lowest BCUT2D eigenvalue weighted by atomic mass is 10.1. The first-order valence-corrected chi connectivity index (χ1v) is 9.24. The highest BCUT2D eigenvalue weighted by molar-refractivity contribution is 6.31. The second-order valence-corrected chi connectivity index (χ2v) is 6.85. The molecule has 0 bridgehead atoms. The Bertz CT molecular complexity index is 692. The topological polar surface area (TPSA) is 45.2 Å². The molecular formula is C20H24ClN3O. The molecule has 1 N–H and O–H groups in total. The summed E-state index contributed by atoms with van der Waals surface area (Å²) in [5.41, 5.74) is 2.34. The van der Waals surface area contributed by atoms with Gasteiger partial charge in [-0.1, -0.05) is 29.8 Å². The summed E-state index contributed by atoms with van der Waals surface area (Å²) >= 11 is 6.23. The van der Waals surface area contributed by atoms with Crippen LogP contribution in [0.5, 0.6) is 0 Å². The molecule has 1 atom stereocenters. The fraction of sp³-hybridized carbons (Fsp3) is 0.400. The van der Waals surface area contributed by atoms with Crippen LogP contribution in [0.1, 0.15) is 30.4 Å². The number of benzene rings is 1. The molecule has 3 rings (SSSR count). The Morgan fingerprint density at radius 2 is 2.00 bits per heavy atom. The molecule has 0 saturated carbocycles. The Morgan fingerprint density at radius 1 is 1.20 bits per heavy atom. The number of likely N-dealkylation sites (tertiary alicyclic amines) is 1. The first-order chi connectivity index (χ1) is 12.2. The molecule has 25 heavy (non-hydrogen) atoms. The van der Waals surface area contributed by atoms with E-state index in [9.17, 15) is 4.79 Å². The van der Waals surface area contributed by atoms with Gasteiger partial charge in [0.2, 0.25) is 5.91 Å². The molecule has 1 aliphatic rings.